The topological polar surface area (TPSA) is 43.6 Å². The Morgan fingerprint density at radius 2 is 0.836 bits per heavy atom. The standard InChI is InChI=1S/C51H32N4/c1-2-13-36(14-3-1)49-52-50(54-51(53-49)42-22-21-33-11-4-5-15-37(33)30-42)41-19-10-18-38(29-41)34-23-26-43(27-24-34)55-47-32-40-17-7-6-16-39(40)31-46(47)45-28-25-35-12-8-9-20-44(35)48(45)55/h1-32H. The van der Waals surface area contributed by atoms with Gasteiger partial charge in [-0.25, -0.2) is 15.0 Å². The third-order valence-corrected chi connectivity index (χ3v) is 10.8. The zero-order valence-electron chi connectivity index (χ0n) is 29.8. The van der Waals surface area contributed by atoms with E-state index in [2.05, 4.69) is 168 Å². The Morgan fingerprint density at radius 3 is 1.60 bits per heavy atom. The molecule has 0 saturated carbocycles. The lowest BCUT2D eigenvalue weighted by atomic mass is 10.0. The molecule has 0 aliphatic heterocycles. The molecular weight excluding hydrogens is 669 g/mol. The van der Waals surface area contributed by atoms with Crippen LogP contribution in [0.25, 0.3) is 105 Å². The van der Waals surface area contributed by atoms with Crippen LogP contribution in [0.5, 0.6) is 0 Å². The summed E-state index contributed by atoms with van der Waals surface area (Å²) in [5.74, 6) is 1.94. The lowest BCUT2D eigenvalue weighted by molar-refractivity contribution is 1.07. The molecule has 4 nitrogen and oxygen atoms in total. The third kappa shape index (κ3) is 5.34. The predicted molar refractivity (Wildman–Crippen MR) is 228 cm³/mol. The van der Waals surface area contributed by atoms with Crippen LogP contribution in [0, 0.1) is 0 Å². The molecular formula is C51H32N4. The molecule has 0 fully saturated rings. The largest absolute Gasteiger partial charge is 0.309 e. The van der Waals surface area contributed by atoms with Crippen LogP contribution in [0.3, 0.4) is 0 Å². The first-order valence-corrected chi connectivity index (χ1v) is 18.6. The zero-order chi connectivity index (χ0) is 36.3. The summed E-state index contributed by atoms with van der Waals surface area (Å²) in [5.41, 5.74) is 8.60. The van der Waals surface area contributed by atoms with Gasteiger partial charge in [-0.1, -0.05) is 158 Å². The van der Waals surface area contributed by atoms with Gasteiger partial charge in [0.1, 0.15) is 0 Å². The summed E-state index contributed by atoms with van der Waals surface area (Å²) >= 11 is 0. The van der Waals surface area contributed by atoms with Crippen LogP contribution in [0.4, 0.5) is 0 Å². The highest BCUT2D eigenvalue weighted by Crippen LogP contribution is 2.39. The van der Waals surface area contributed by atoms with Gasteiger partial charge in [0.05, 0.1) is 11.0 Å². The van der Waals surface area contributed by atoms with Crippen LogP contribution in [0.15, 0.2) is 194 Å². The van der Waals surface area contributed by atoms with Crippen LogP contribution in [0.1, 0.15) is 0 Å². The summed E-state index contributed by atoms with van der Waals surface area (Å²) in [5, 5.41) is 9.80. The van der Waals surface area contributed by atoms with E-state index in [1.165, 1.54) is 48.7 Å². The highest BCUT2D eigenvalue weighted by molar-refractivity contribution is 6.20. The first-order valence-electron chi connectivity index (χ1n) is 18.6. The Hall–Kier alpha value is -7.43. The maximum absolute atomic E-state index is 5.07. The monoisotopic (exact) mass is 700 g/mol. The maximum atomic E-state index is 5.07. The van der Waals surface area contributed by atoms with Gasteiger partial charge in [-0.15, -0.1) is 0 Å². The molecule has 11 rings (SSSR count). The first kappa shape index (κ1) is 31.1. The molecule has 0 saturated heterocycles. The molecule has 0 aliphatic carbocycles. The smallest absolute Gasteiger partial charge is 0.164 e. The van der Waals surface area contributed by atoms with Crippen molar-refractivity contribution >= 4 is 54.1 Å². The quantitative estimate of drug-likeness (QED) is 0.179. The van der Waals surface area contributed by atoms with E-state index in [0.29, 0.717) is 17.5 Å². The minimum absolute atomic E-state index is 0.639. The second kappa shape index (κ2) is 12.6. The number of nitrogens with zero attached hydrogens (tertiary/aromatic N) is 4. The van der Waals surface area contributed by atoms with E-state index in [0.717, 1.165) is 38.9 Å². The van der Waals surface area contributed by atoms with Gasteiger partial charge < -0.3 is 4.57 Å². The highest BCUT2D eigenvalue weighted by atomic mass is 15.0. The van der Waals surface area contributed by atoms with Gasteiger partial charge in [0.25, 0.3) is 0 Å². The number of hydrogen-bond donors (Lipinski definition) is 0. The average Bonchev–Trinajstić information content (AvgIpc) is 3.59. The Bertz CT molecular complexity index is 3250. The molecule has 0 bridgehead atoms. The minimum atomic E-state index is 0.639. The van der Waals surface area contributed by atoms with E-state index >= 15 is 0 Å². The van der Waals surface area contributed by atoms with E-state index in [-0.39, 0.29) is 0 Å². The van der Waals surface area contributed by atoms with E-state index in [1.807, 2.05) is 30.3 Å². The van der Waals surface area contributed by atoms with Gasteiger partial charge >= 0.3 is 0 Å². The lowest BCUT2D eigenvalue weighted by Crippen LogP contribution is -2.00. The van der Waals surface area contributed by atoms with E-state index in [4.69, 9.17) is 15.0 Å². The summed E-state index contributed by atoms with van der Waals surface area (Å²) in [4.78, 5) is 15.1. The molecule has 0 amide bonds. The molecule has 256 valence electrons. The van der Waals surface area contributed by atoms with Gasteiger partial charge in [-0.2, -0.15) is 0 Å². The molecule has 11 aromatic rings. The van der Waals surface area contributed by atoms with Crippen LogP contribution >= 0.6 is 0 Å². The Balaban J connectivity index is 1.03. The number of rotatable bonds is 5. The van der Waals surface area contributed by atoms with Crippen molar-refractivity contribution in [1.82, 2.24) is 19.5 Å². The molecule has 4 heteroatoms. The molecule has 0 atom stereocenters. The SMILES string of the molecule is c1ccc(-c2nc(-c3cccc(-c4ccc(-n5c6cc7ccccc7cc6c6ccc7ccccc7c65)cc4)c3)nc(-c3ccc4ccccc4c3)n2)cc1. The number of aromatic nitrogens is 4. The Morgan fingerprint density at radius 1 is 0.291 bits per heavy atom. The number of benzene rings is 9. The second-order valence-corrected chi connectivity index (χ2v) is 14.1. The van der Waals surface area contributed by atoms with Crippen LogP contribution < -0.4 is 0 Å². The minimum Gasteiger partial charge on any atom is -0.309 e. The zero-order valence-corrected chi connectivity index (χ0v) is 29.8. The van der Waals surface area contributed by atoms with Gasteiger partial charge in [0, 0.05) is 38.5 Å². The maximum Gasteiger partial charge on any atom is 0.164 e. The molecule has 0 aliphatic rings. The fourth-order valence-electron chi connectivity index (χ4n) is 8.05. The van der Waals surface area contributed by atoms with Crippen molar-refractivity contribution in [2.45, 2.75) is 0 Å². The molecule has 2 aromatic heterocycles. The number of hydrogen-bond acceptors (Lipinski definition) is 3. The first-order chi connectivity index (χ1) is 27.2. The summed E-state index contributed by atoms with van der Waals surface area (Å²) in [7, 11) is 0. The fraction of sp³-hybridized carbons (Fsp3) is 0. The van der Waals surface area contributed by atoms with Gasteiger partial charge in [0.2, 0.25) is 0 Å². The summed E-state index contributed by atoms with van der Waals surface area (Å²) in [6, 6.07) is 68.8. The Kier molecular flexibility index (Phi) is 7.14. The number of fused-ring (bicyclic) bond motifs is 7. The van der Waals surface area contributed by atoms with Crippen LogP contribution in [-0.2, 0) is 0 Å². The lowest BCUT2D eigenvalue weighted by Gasteiger charge is -2.12. The van der Waals surface area contributed by atoms with E-state index < -0.39 is 0 Å². The average molecular weight is 701 g/mol. The van der Waals surface area contributed by atoms with Gasteiger partial charge in [0.15, 0.2) is 17.5 Å². The molecule has 2 heterocycles. The molecule has 0 unspecified atom stereocenters. The second-order valence-electron chi connectivity index (χ2n) is 14.1. The third-order valence-electron chi connectivity index (χ3n) is 10.8. The van der Waals surface area contributed by atoms with Crippen molar-refractivity contribution in [3.63, 3.8) is 0 Å². The van der Waals surface area contributed by atoms with Gasteiger partial charge in [-0.3, -0.25) is 0 Å². The summed E-state index contributed by atoms with van der Waals surface area (Å²) in [6.45, 7) is 0. The predicted octanol–water partition coefficient (Wildman–Crippen LogP) is 13.1. The summed E-state index contributed by atoms with van der Waals surface area (Å²) < 4.78 is 2.43. The van der Waals surface area contributed by atoms with Crippen molar-refractivity contribution in [2.75, 3.05) is 0 Å². The van der Waals surface area contributed by atoms with Crippen molar-refractivity contribution in [2.24, 2.45) is 0 Å². The van der Waals surface area contributed by atoms with Crippen molar-refractivity contribution in [1.29, 1.82) is 0 Å². The van der Waals surface area contributed by atoms with Crippen LogP contribution in [-0.4, -0.2) is 19.5 Å². The molecule has 0 radical (unpaired) electrons. The fourth-order valence-corrected chi connectivity index (χ4v) is 8.05. The highest BCUT2D eigenvalue weighted by Gasteiger charge is 2.17. The van der Waals surface area contributed by atoms with Crippen LogP contribution in [0.2, 0.25) is 0 Å². The Labute approximate surface area is 317 Å². The molecule has 0 spiro atoms. The normalized spacial score (nSPS) is 11.6. The van der Waals surface area contributed by atoms with Gasteiger partial charge in [-0.05, 0) is 74.5 Å². The summed E-state index contributed by atoms with van der Waals surface area (Å²) in [6.07, 6.45) is 0. The van der Waals surface area contributed by atoms with E-state index in [1.54, 1.807) is 0 Å². The van der Waals surface area contributed by atoms with E-state index in [9.17, 15) is 0 Å². The van der Waals surface area contributed by atoms with Crippen molar-refractivity contribution < 1.29 is 0 Å². The van der Waals surface area contributed by atoms with Crippen molar-refractivity contribution in [3.05, 3.63) is 194 Å². The van der Waals surface area contributed by atoms with Crippen molar-refractivity contribution in [3.8, 4) is 51.0 Å². The molecule has 0 N–H and O–H groups in total. The molecule has 9 aromatic carbocycles. The molecule has 55 heavy (non-hydrogen) atoms.